The van der Waals surface area contributed by atoms with E-state index in [9.17, 15) is 5.11 Å². The highest BCUT2D eigenvalue weighted by molar-refractivity contribution is 7.75. The molecule has 0 radical (unpaired) electrons. The first-order valence-corrected chi connectivity index (χ1v) is 7.43. The van der Waals surface area contributed by atoms with Crippen LogP contribution in [0.15, 0.2) is 0 Å². The van der Waals surface area contributed by atoms with Gasteiger partial charge in [-0.2, -0.15) is 0 Å². The summed E-state index contributed by atoms with van der Waals surface area (Å²) in [4.78, 5) is 0. The Balaban J connectivity index is 4.01. The zero-order valence-corrected chi connectivity index (χ0v) is 8.63. The molecule has 0 heterocycles. The molecule has 9 heavy (non-hydrogen) atoms. The highest BCUT2D eigenvalue weighted by Gasteiger charge is 2.27. The van der Waals surface area contributed by atoms with Crippen molar-refractivity contribution in [2.75, 3.05) is 26.7 Å². The van der Waals surface area contributed by atoms with Gasteiger partial charge in [0.25, 0.3) is 0 Å². The largest absolute Gasteiger partial charge is 0.381 e. The minimum Gasteiger partial charge on any atom is -0.381 e. The van der Waals surface area contributed by atoms with E-state index in [0.29, 0.717) is 0 Å². The molecular weight excluding hydrogens is 150 g/mol. The predicted octanol–water partition coefficient (Wildman–Crippen LogP) is 2.14. The average molecular weight is 166 g/mol. The van der Waals surface area contributed by atoms with Gasteiger partial charge < -0.3 is 5.11 Å². The van der Waals surface area contributed by atoms with Gasteiger partial charge in [-0.1, -0.05) is 15.8 Å². The second kappa shape index (κ2) is 3.28. The molecule has 0 atom stereocenters. The highest BCUT2D eigenvalue weighted by Crippen LogP contribution is 2.58. The van der Waals surface area contributed by atoms with Crippen molar-refractivity contribution in [3.8, 4) is 0 Å². The van der Waals surface area contributed by atoms with E-state index in [-0.39, 0.29) is 20.9 Å². The summed E-state index contributed by atoms with van der Waals surface area (Å²) < 4.78 is 0. The Hall–Kier alpha value is 0.820. The van der Waals surface area contributed by atoms with Crippen LogP contribution in [-0.4, -0.2) is 36.8 Å². The Morgan fingerprint density at radius 1 is 1.00 bits per heavy atom. The Morgan fingerprint density at radius 3 is 1.22 bits per heavy atom. The van der Waals surface area contributed by atoms with Crippen molar-refractivity contribution in [3.63, 3.8) is 0 Å². The zero-order chi connectivity index (χ0) is 7.65. The van der Waals surface area contributed by atoms with Crippen molar-refractivity contribution in [3.05, 3.63) is 0 Å². The van der Waals surface area contributed by atoms with Gasteiger partial charge in [0.15, 0.2) is 0 Å². The third-order valence-corrected chi connectivity index (χ3v) is 7.48. The molecule has 1 N–H and O–H groups in total. The fourth-order valence-corrected chi connectivity index (χ4v) is 3.60. The summed E-state index contributed by atoms with van der Waals surface area (Å²) in [5, 5.41) is 9.36. The molecular formula is C6H16OP2. The van der Waals surface area contributed by atoms with Crippen LogP contribution in [0.2, 0.25) is 0 Å². The third kappa shape index (κ3) is 2.50. The number of hydrogen-bond acceptors (Lipinski definition) is 1. The molecule has 0 spiro atoms. The quantitative estimate of drug-likeness (QED) is 0.623. The molecule has 1 nitrogen and oxygen atoms in total. The van der Waals surface area contributed by atoms with Crippen LogP contribution in [0.1, 0.15) is 6.92 Å². The summed E-state index contributed by atoms with van der Waals surface area (Å²) >= 11 is 0. The van der Waals surface area contributed by atoms with Crippen LogP contribution in [0.4, 0.5) is 0 Å². The summed E-state index contributed by atoms with van der Waals surface area (Å²) in [6.45, 7) is 10.4. The maximum absolute atomic E-state index is 9.73. The maximum atomic E-state index is 9.73. The second-order valence-corrected chi connectivity index (χ2v) is 8.43. The molecule has 0 rings (SSSR count). The summed E-state index contributed by atoms with van der Waals surface area (Å²) in [6, 6.07) is 0. The van der Waals surface area contributed by atoms with Crippen LogP contribution in [0, 0.1) is 0 Å². The zero-order valence-electron chi connectivity index (χ0n) is 6.84. The molecule has 0 aromatic heterocycles. The van der Waals surface area contributed by atoms with Gasteiger partial charge >= 0.3 is 0 Å². The second-order valence-electron chi connectivity index (χ2n) is 2.76. The molecule has 0 fully saturated rings. The van der Waals surface area contributed by atoms with E-state index in [1.54, 1.807) is 0 Å². The molecule has 0 aliphatic carbocycles. The van der Waals surface area contributed by atoms with Crippen molar-refractivity contribution in [2.24, 2.45) is 0 Å². The standard InChI is InChI=1S/C6H16OP2/c1-6(7,8(2)3)9(4)5/h7H,1-5H3. The topological polar surface area (TPSA) is 20.2 Å². The van der Waals surface area contributed by atoms with Gasteiger partial charge in [0.05, 0.1) is 5.08 Å². The normalized spacial score (nSPS) is 13.3. The Kier molecular flexibility index (Phi) is 3.58. The summed E-state index contributed by atoms with van der Waals surface area (Å²) in [5.74, 6) is 0. The van der Waals surface area contributed by atoms with Gasteiger partial charge in [-0.15, -0.1) is 0 Å². The monoisotopic (exact) mass is 166 g/mol. The molecule has 0 aliphatic rings. The Morgan fingerprint density at radius 2 is 1.22 bits per heavy atom. The van der Waals surface area contributed by atoms with Crippen LogP contribution in [0.25, 0.3) is 0 Å². The van der Waals surface area contributed by atoms with Crippen molar-refractivity contribution in [1.29, 1.82) is 0 Å². The molecule has 0 amide bonds. The maximum Gasteiger partial charge on any atom is 0.0980 e. The molecule has 0 bridgehead atoms. The average Bonchev–Trinajstić information content (AvgIpc) is 1.65. The van der Waals surface area contributed by atoms with E-state index in [0.717, 1.165) is 0 Å². The van der Waals surface area contributed by atoms with Crippen LogP contribution in [-0.2, 0) is 0 Å². The summed E-state index contributed by atoms with van der Waals surface area (Å²) in [7, 11) is -0.398. The lowest BCUT2D eigenvalue weighted by molar-refractivity contribution is 0.240. The van der Waals surface area contributed by atoms with E-state index in [1.165, 1.54) is 0 Å². The minimum absolute atomic E-state index is 0.199. The first-order chi connectivity index (χ1) is 3.89. The Bertz CT molecular complexity index is 79.1. The fourth-order valence-electron chi connectivity index (χ4n) is 0.400. The van der Waals surface area contributed by atoms with Gasteiger partial charge in [-0.05, 0) is 33.6 Å². The fraction of sp³-hybridized carbons (Fsp3) is 1.00. The van der Waals surface area contributed by atoms with Crippen molar-refractivity contribution in [1.82, 2.24) is 0 Å². The van der Waals surface area contributed by atoms with E-state index >= 15 is 0 Å². The number of aliphatic hydroxyl groups is 1. The van der Waals surface area contributed by atoms with Gasteiger partial charge in [0.1, 0.15) is 0 Å². The molecule has 0 saturated heterocycles. The van der Waals surface area contributed by atoms with Crippen LogP contribution in [0.5, 0.6) is 0 Å². The first-order valence-electron chi connectivity index (χ1n) is 2.96. The first kappa shape index (κ1) is 9.82. The van der Waals surface area contributed by atoms with E-state index in [4.69, 9.17) is 0 Å². The molecule has 3 heteroatoms. The van der Waals surface area contributed by atoms with Crippen LogP contribution < -0.4 is 0 Å². The lowest BCUT2D eigenvalue weighted by Gasteiger charge is -2.32. The summed E-state index contributed by atoms with van der Waals surface area (Å²) in [6.07, 6.45) is 0. The van der Waals surface area contributed by atoms with Gasteiger partial charge in [-0.25, -0.2) is 0 Å². The minimum atomic E-state index is -0.370. The van der Waals surface area contributed by atoms with E-state index < -0.39 is 0 Å². The smallest absolute Gasteiger partial charge is 0.0980 e. The molecule has 0 aliphatic heterocycles. The molecule has 0 aromatic carbocycles. The molecule has 0 aromatic rings. The molecule has 0 unspecified atom stereocenters. The SMILES string of the molecule is CP(C)C(C)(O)P(C)C. The highest BCUT2D eigenvalue weighted by atomic mass is 31.2. The van der Waals surface area contributed by atoms with Crippen molar-refractivity contribution < 1.29 is 5.11 Å². The van der Waals surface area contributed by atoms with Gasteiger partial charge in [0, 0.05) is 0 Å². The molecule has 0 saturated carbocycles. The Labute approximate surface area is 60.4 Å². The van der Waals surface area contributed by atoms with Crippen molar-refractivity contribution in [2.45, 2.75) is 12.0 Å². The van der Waals surface area contributed by atoms with Gasteiger partial charge in [-0.3, -0.25) is 0 Å². The van der Waals surface area contributed by atoms with Crippen LogP contribution in [0.3, 0.4) is 0 Å². The summed E-state index contributed by atoms with van der Waals surface area (Å²) in [5.41, 5.74) is 0. The van der Waals surface area contributed by atoms with E-state index in [2.05, 4.69) is 26.7 Å². The lowest BCUT2D eigenvalue weighted by atomic mass is 10.8. The number of hydrogen-bond donors (Lipinski definition) is 1. The predicted molar refractivity (Wildman–Crippen MR) is 48.2 cm³/mol. The molecule has 56 valence electrons. The van der Waals surface area contributed by atoms with Gasteiger partial charge in [0.2, 0.25) is 0 Å². The lowest BCUT2D eigenvalue weighted by Crippen LogP contribution is -2.17. The van der Waals surface area contributed by atoms with Crippen molar-refractivity contribution >= 4 is 15.8 Å². The van der Waals surface area contributed by atoms with Crippen LogP contribution >= 0.6 is 15.8 Å². The third-order valence-electron chi connectivity index (χ3n) is 1.69. The van der Waals surface area contributed by atoms with E-state index in [1.807, 2.05) is 6.92 Å². The number of rotatable bonds is 2.